The topological polar surface area (TPSA) is 83.7 Å². The molecule has 0 spiro atoms. The van der Waals surface area contributed by atoms with Crippen molar-refractivity contribution in [1.82, 2.24) is 14.5 Å². The first-order chi connectivity index (χ1) is 20.9. The predicted octanol–water partition coefficient (Wildman–Crippen LogP) is 6.98. The number of ether oxygens (including phenoxy) is 1. The van der Waals surface area contributed by atoms with Gasteiger partial charge in [0.1, 0.15) is 12.1 Å². The lowest BCUT2D eigenvalue weighted by molar-refractivity contribution is -0.264. The largest absolute Gasteiger partial charge is 0.350 e. The van der Waals surface area contributed by atoms with Gasteiger partial charge in [-0.15, -0.1) is 0 Å². The zero-order valence-corrected chi connectivity index (χ0v) is 26.2. The molecule has 0 aliphatic carbocycles. The number of amides is 1. The van der Waals surface area contributed by atoms with Gasteiger partial charge in [0.2, 0.25) is 0 Å². The highest BCUT2D eigenvalue weighted by molar-refractivity contribution is 7.98. The van der Waals surface area contributed by atoms with E-state index in [0.717, 1.165) is 77.8 Å². The fraction of sp³-hybridized carbons (Fsp3) is 0.394. The van der Waals surface area contributed by atoms with Crippen LogP contribution in [-0.2, 0) is 43.1 Å². The number of fused-ring (bicyclic) bond motifs is 13. The van der Waals surface area contributed by atoms with Gasteiger partial charge in [-0.25, -0.2) is 4.79 Å². The van der Waals surface area contributed by atoms with E-state index in [4.69, 9.17) is 14.5 Å². The molecular formula is C33H33N3O5S2. The van der Waals surface area contributed by atoms with Crippen molar-refractivity contribution < 1.29 is 24.1 Å². The van der Waals surface area contributed by atoms with Crippen LogP contribution in [0.3, 0.4) is 0 Å². The number of hydrogen-bond donors (Lipinski definition) is 1. The van der Waals surface area contributed by atoms with Gasteiger partial charge in [-0.3, -0.25) is 9.68 Å². The zero-order valence-electron chi connectivity index (χ0n) is 24.6. The van der Waals surface area contributed by atoms with E-state index in [1.807, 2.05) is 30.4 Å². The Labute approximate surface area is 257 Å². The number of nitrogens with one attached hydrogen (secondary N) is 1. The van der Waals surface area contributed by atoms with Crippen LogP contribution in [0, 0.1) is 5.92 Å². The summed E-state index contributed by atoms with van der Waals surface area (Å²) in [5, 5.41) is 7.30. The summed E-state index contributed by atoms with van der Waals surface area (Å²) in [5.41, 5.74) is 7.16. The van der Waals surface area contributed by atoms with Crippen LogP contribution in [0.5, 0.6) is 0 Å². The Hall–Kier alpha value is -3.18. The second-order valence-electron chi connectivity index (χ2n) is 11.7. The summed E-state index contributed by atoms with van der Waals surface area (Å²) in [4.78, 5) is 37.2. The van der Waals surface area contributed by atoms with Crippen LogP contribution in [0.4, 0.5) is 0 Å². The highest BCUT2D eigenvalue weighted by atomic mass is 32.2. The normalized spacial score (nSPS) is 22.3. The maximum absolute atomic E-state index is 13.7. The van der Waals surface area contributed by atoms with Crippen molar-refractivity contribution in [3.05, 3.63) is 58.7 Å². The smallest absolute Gasteiger partial charge is 0.348 e. The quantitative estimate of drug-likeness (QED) is 0.149. The zero-order chi connectivity index (χ0) is 29.6. The first kappa shape index (κ1) is 27.4. The SMILES string of the molecule is CCSCc1ccc2c(c1)c1c3c(c4c5cc(CSCC)ccc5n5c4c1n2[C@@H]1C[C@H](C(=O)OOC)[C@]5(C)O1)CNC3=O. The lowest BCUT2D eigenvalue weighted by atomic mass is 9.93. The molecule has 1 N–H and O–H groups in total. The molecule has 10 heteroatoms. The van der Waals surface area contributed by atoms with Crippen molar-refractivity contribution in [2.45, 2.75) is 57.2 Å². The second kappa shape index (κ2) is 9.92. The highest BCUT2D eigenvalue weighted by Crippen LogP contribution is 2.56. The molecule has 3 aliphatic heterocycles. The van der Waals surface area contributed by atoms with Crippen LogP contribution in [0.25, 0.3) is 43.6 Å². The molecule has 2 aromatic heterocycles. The number of rotatable bonds is 8. The molecule has 5 heterocycles. The van der Waals surface area contributed by atoms with E-state index in [9.17, 15) is 9.59 Å². The molecule has 8 nitrogen and oxygen atoms in total. The Kier molecular flexibility index (Phi) is 6.31. The first-order valence-corrected chi connectivity index (χ1v) is 17.2. The maximum Gasteiger partial charge on any atom is 0.350 e. The third-order valence-electron chi connectivity index (χ3n) is 9.42. The van der Waals surface area contributed by atoms with Crippen LogP contribution in [-0.4, -0.2) is 39.6 Å². The summed E-state index contributed by atoms with van der Waals surface area (Å²) in [6.07, 6.45) is -0.0173. The lowest BCUT2D eigenvalue weighted by Crippen LogP contribution is -2.40. The molecule has 3 atom stereocenters. The number of thioether (sulfide) groups is 2. The number of benzene rings is 3. The van der Waals surface area contributed by atoms with Crippen LogP contribution < -0.4 is 5.32 Å². The molecule has 222 valence electrons. The first-order valence-electron chi connectivity index (χ1n) is 14.9. The van der Waals surface area contributed by atoms with Gasteiger partial charge in [0.05, 0.1) is 34.7 Å². The molecule has 1 amide bonds. The minimum absolute atomic E-state index is 0.0361. The van der Waals surface area contributed by atoms with Crippen LogP contribution in [0.2, 0.25) is 0 Å². The van der Waals surface area contributed by atoms with E-state index in [1.165, 1.54) is 18.2 Å². The van der Waals surface area contributed by atoms with Crippen molar-refractivity contribution in [1.29, 1.82) is 0 Å². The lowest BCUT2D eigenvalue weighted by Gasteiger charge is -2.31. The average molecular weight is 616 g/mol. The van der Waals surface area contributed by atoms with Gasteiger partial charge < -0.3 is 19.2 Å². The molecule has 5 aromatic rings. The summed E-state index contributed by atoms with van der Waals surface area (Å²) < 4.78 is 11.5. The molecule has 1 fully saturated rings. The third kappa shape index (κ3) is 3.67. The molecular weight excluding hydrogens is 583 g/mol. The van der Waals surface area contributed by atoms with Crippen LogP contribution in [0.15, 0.2) is 36.4 Å². The van der Waals surface area contributed by atoms with Crippen molar-refractivity contribution in [3.8, 4) is 0 Å². The third-order valence-corrected chi connectivity index (χ3v) is 11.3. The molecule has 43 heavy (non-hydrogen) atoms. The Morgan fingerprint density at radius 1 is 1.02 bits per heavy atom. The fourth-order valence-corrected chi connectivity index (χ4v) is 8.94. The summed E-state index contributed by atoms with van der Waals surface area (Å²) >= 11 is 3.76. The molecule has 3 aliphatic rings. The van der Waals surface area contributed by atoms with Crippen molar-refractivity contribution in [2.24, 2.45) is 5.92 Å². The van der Waals surface area contributed by atoms with Gasteiger partial charge in [-0.1, -0.05) is 26.0 Å². The second-order valence-corrected chi connectivity index (χ2v) is 14.2. The summed E-state index contributed by atoms with van der Waals surface area (Å²) in [6.45, 7) is 6.79. The molecule has 0 radical (unpaired) electrons. The number of carbonyl (C=O) groups excluding carboxylic acids is 2. The number of aromatic nitrogens is 2. The summed E-state index contributed by atoms with van der Waals surface area (Å²) in [6, 6.07) is 13.2. The number of nitrogens with zero attached hydrogens (tertiary/aromatic N) is 2. The van der Waals surface area contributed by atoms with Crippen LogP contribution in [0.1, 0.15) is 60.5 Å². The summed E-state index contributed by atoms with van der Waals surface area (Å²) in [5.74, 6) is 2.77. The standard InChI is InChI=1S/C33H33N3O5S2/c1-5-42-15-17-7-9-23-19(11-17)27-28-21(14-34-31(28)37)26-20-12-18(16-43-6-2)8-10-24(20)36-30(26)29(27)35(23)25-13-22(32(38)41-39-4)33(36,3)40-25/h7-12,22,25H,5-6,13-16H2,1-4H3,(H,34,37)/t22-,25+,33+/m1/s1. The molecule has 1 saturated heterocycles. The fourth-order valence-electron chi connectivity index (χ4n) is 7.70. The predicted molar refractivity (Wildman–Crippen MR) is 172 cm³/mol. The maximum atomic E-state index is 13.7. The molecule has 2 bridgehead atoms. The Morgan fingerprint density at radius 2 is 1.70 bits per heavy atom. The highest BCUT2D eigenvalue weighted by Gasteiger charge is 2.56. The Morgan fingerprint density at radius 3 is 2.37 bits per heavy atom. The molecule has 8 rings (SSSR count). The van der Waals surface area contributed by atoms with Crippen LogP contribution >= 0.6 is 23.5 Å². The Balaban J connectivity index is 1.57. The van der Waals surface area contributed by atoms with E-state index in [-0.39, 0.29) is 5.91 Å². The van der Waals surface area contributed by atoms with Gasteiger partial charge in [0.25, 0.3) is 5.91 Å². The minimum atomic E-state index is -1.04. The van der Waals surface area contributed by atoms with Crippen molar-refractivity contribution in [2.75, 3.05) is 18.6 Å². The van der Waals surface area contributed by atoms with Gasteiger partial charge >= 0.3 is 5.97 Å². The average Bonchev–Trinajstić information content (AvgIpc) is 3.72. The van der Waals surface area contributed by atoms with E-state index in [2.05, 4.69) is 64.7 Å². The van der Waals surface area contributed by atoms with Gasteiger partial charge in [0.15, 0.2) is 5.72 Å². The van der Waals surface area contributed by atoms with E-state index in [1.54, 1.807) is 0 Å². The number of carbonyl (C=O) groups is 2. The molecule has 0 unspecified atom stereocenters. The van der Waals surface area contributed by atoms with Gasteiger partial charge in [-0.2, -0.15) is 28.4 Å². The van der Waals surface area contributed by atoms with E-state index >= 15 is 0 Å². The Bertz CT molecular complexity index is 2010. The minimum Gasteiger partial charge on any atom is -0.348 e. The van der Waals surface area contributed by atoms with Gasteiger partial charge in [0, 0.05) is 46.0 Å². The van der Waals surface area contributed by atoms with Gasteiger partial charge in [-0.05, 0) is 59.4 Å². The monoisotopic (exact) mass is 615 g/mol. The van der Waals surface area contributed by atoms with Crippen molar-refractivity contribution >= 4 is 79.0 Å². The molecule has 3 aromatic carbocycles. The van der Waals surface area contributed by atoms with Crippen molar-refractivity contribution in [3.63, 3.8) is 0 Å². The van der Waals surface area contributed by atoms with E-state index in [0.29, 0.717) is 13.0 Å². The summed E-state index contributed by atoms with van der Waals surface area (Å²) in [7, 11) is 1.35. The molecule has 0 saturated carbocycles. The number of hydrogen-bond acceptors (Lipinski definition) is 7. The van der Waals surface area contributed by atoms with E-state index < -0.39 is 23.8 Å².